The second-order valence-electron chi connectivity index (χ2n) is 3.93. The number of nitrogens with zero attached hydrogens (tertiary/aromatic N) is 2. The number of non-ortho nitro benzene ring substituents is 1. The summed E-state index contributed by atoms with van der Waals surface area (Å²) in [4.78, 5) is 14.7. The van der Waals surface area contributed by atoms with Gasteiger partial charge in [0.25, 0.3) is 5.69 Å². The Morgan fingerprint density at radius 3 is 2.94 bits per heavy atom. The average Bonchev–Trinajstić information content (AvgIpc) is 2.35. The number of nitro benzene ring substituents is 1. The monoisotopic (exact) mass is 243 g/mol. The lowest BCUT2D eigenvalue weighted by Gasteiger charge is -2.08. The third kappa shape index (κ3) is 2.15. The maximum absolute atomic E-state index is 11.0. The molecule has 2 aromatic rings. The van der Waals surface area contributed by atoms with Crippen molar-refractivity contribution in [1.82, 2.24) is 4.98 Å². The third-order valence-electron chi connectivity index (χ3n) is 2.65. The van der Waals surface area contributed by atoms with Gasteiger partial charge in [-0.25, -0.2) is 0 Å². The first-order valence-corrected chi connectivity index (χ1v) is 5.52. The second kappa shape index (κ2) is 4.83. The van der Waals surface area contributed by atoms with Crippen LogP contribution in [-0.4, -0.2) is 16.5 Å². The quantitative estimate of drug-likeness (QED) is 0.509. The van der Waals surface area contributed by atoms with Crippen LogP contribution in [0.25, 0.3) is 10.8 Å². The predicted octanol–water partition coefficient (Wildman–Crippen LogP) is 3.05. The van der Waals surface area contributed by atoms with E-state index in [0.29, 0.717) is 11.9 Å². The highest BCUT2D eigenvalue weighted by Crippen LogP contribution is 2.31. The number of hydrogen-bond acceptors (Lipinski definition) is 4. The summed E-state index contributed by atoms with van der Waals surface area (Å²) in [6, 6.07) is 5.04. The molecule has 1 N–H and O–H groups in total. The van der Waals surface area contributed by atoms with Gasteiger partial charge < -0.3 is 5.32 Å². The van der Waals surface area contributed by atoms with Gasteiger partial charge in [0.2, 0.25) is 0 Å². The van der Waals surface area contributed by atoms with E-state index in [2.05, 4.69) is 16.9 Å². The number of hydrogen-bond donors (Lipinski definition) is 1. The van der Waals surface area contributed by atoms with Gasteiger partial charge in [0.15, 0.2) is 0 Å². The summed E-state index contributed by atoms with van der Waals surface area (Å²) in [5.41, 5.74) is 1.74. The van der Waals surface area contributed by atoms with E-state index in [1.807, 2.05) is 13.0 Å². The highest BCUT2D eigenvalue weighted by atomic mass is 16.6. The Labute approximate surface area is 104 Å². The summed E-state index contributed by atoms with van der Waals surface area (Å²) >= 11 is 0. The molecule has 0 fully saturated rings. The van der Waals surface area contributed by atoms with E-state index in [0.717, 1.165) is 16.8 Å². The molecule has 18 heavy (non-hydrogen) atoms. The predicted molar refractivity (Wildman–Crippen MR) is 71.8 cm³/mol. The zero-order valence-electron chi connectivity index (χ0n) is 10.0. The Morgan fingerprint density at radius 1 is 1.50 bits per heavy atom. The first-order valence-electron chi connectivity index (χ1n) is 5.52. The lowest BCUT2D eigenvalue weighted by Crippen LogP contribution is -2.00. The van der Waals surface area contributed by atoms with E-state index in [-0.39, 0.29) is 5.69 Å². The molecule has 0 amide bonds. The smallest absolute Gasteiger partial charge is 0.278 e. The van der Waals surface area contributed by atoms with Crippen LogP contribution in [0, 0.1) is 17.0 Å². The summed E-state index contributed by atoms with van der Waals surface area (Å²) in [6.45, 7) is 6.10. The fraction of sp³-hybridized carbons (Fsp3) is 0.154. The van der Waals surface area contributed by atoms with E-state index < -0.39 is 4.92 Å². The number of benzene rings is 1. The maximum atomic E-state index is 11.0. The van der Waals surface area contributed by atoms with Gasteiger partial charge in [0.05, 0.1) is 10.3 Å². The van der Waals surface area contributed by atoms with E-state index in [1.165, 1.54) is 6.07 Å². The molecule has 0 aliphatic carbocycles. The third-order valence-corrected chi connectivity index (χ3v) is 2.65. The Balaban J connectivity index is 2.67. The van der Waals surface area contributed by atoms with Crippen LogP contribution >= 0.6 is 0 Å². The molecule has 1 aromatic heterocycles. The standard InChI is InChI=1S/C13H13N3O2/c1-3-6-14-12-4-5-13(16(17)18)11-8-15-9(2)7-10(11)12/h3-5,7-8,14H,1,6H2,2H3. The van der Waals surface area contributed by atoms with Crippen LogP contribution in [0.5, 0.6) is 0 Å². The molecule has 0 unspecified atom stereocenters. The summed E-state index contributed by atoms with van der Waals surface area (Å²) in [7, 11) is 0. The van der Waals surface area contributed by atoms with Crippen LogP contribution in [0.1, 0.15) is 5.69 Å². The molecule has 0 spiro atoms. The number of pyridine rings is 1. The molecule has 0 aliphatic rings. The fourth-order valence-electron chi connectivity index (χ4n) is 1.82. The van der Waals surface area contributed by atoms with Crippen LogP contribution in [0.3, 0.4) is 0 Å². The van der Waals surface area contributed by atoms with Gasteiger partial charge in [-0.1, -0.05) is 6.08 Å². The summed E-state index contributed by atoms with van der Waals surface area (Å²) < 4.78 is 0. The van der Waals surface area contributed by atoms with Crippen molar-refractivity contribution in [3.05, 3.63) is 52.9 Å². The van der Waals surface area contributed by atoms with Crippen LogP contribution in [0.15, 0.2) is 37.1 Å². The molecular weight excluding hydrogens is 230 g/mol. The molecule has 0 saturated heterocycles. The van der Waals surface area contributed by atoms with Crippen molar-refractivity contribution >= 4 is 22.1 Å². The SMILES string of the molecule is C=CCNc1ccc([N+](=O)[O-])c2cnc(C)cc12. The first kappa shape index (κ1) is 12.0. The van der Waals surface area contributed by atoms with Gasteiger partial charge in [-0.2, -0.15) is 0 Å². The largest absolute Gasteiger partial charge is 0.381 e. The van der Waals surface area contributed by atoms with Crippen LogP contribution in [0.4, 0.5) is 11.4 Å². The molecule has 0 bridgehead atoms. The van der Waals surface area contributed by atoms with Crippen LogP contribution in [-0.2, 0) is 0 Å². The topological polar surface area (TPSA) is 68.1 Å². The zero-order chi connectivity index (χ0) is 13.1. The summed E-state index contributed by atoms with van der Waals surface area (Å²) in [5, 5.41) is 15.5. The van der Waals surface area contributed by atoms with Crippen molar-refractivity contribution in [2.45, 2.75) is 6.92 Å². The summed E-state index contributed by atoms with van der Waals surface area (Å²) in [6.07, 6.45) is 3.28. The van der Waals surface area contributed by atoms with Gasteiger partial charge >= 0.3 is 0 Å². The number of rotatable bonds is 4. The number of nitrogens with one attached hydrogen (secondary N) is 1. The van der Waals surface area contributed by atoms with Gasteiger partial charge in [-0.3, -0.25) is 15.1 Å². The minimum Gasteiger partial charge on any atom is -0.381 e. The molecule has 0 atom stereocenters. The van der Waals surface area contributed by atoms with E-state index >= 15 is 0 Å². The highest BCUT2D eigenvalue weighted by Gasteiger charge is 2.14. The Morgan fingerprint density at radius 2 is 2.28 bits per heavy atom. The Hall–Kier alpha value is -2.43. The van der Waals surface area contributed by atoms with Crippen molar-refractivity contribution in [1.29, 1.82) is 0 Å². The zero-order valence-corrected chi connectivity index (χ0v) is 10.0. The highest BCUT2D eigenvalue weighted by molar-refractivity contribution is 5.99. The van der Waals surface area contributed by atoms with Crippen molar-refractivity contribution in [2.75, 3.05) is 11.9 Å². The Kier molecular flexibility index (Phi) is 3.23. The van der Waals surface area contributed by atoms with Crippen LogP contribution in [0.2, 0.25) is 0 Å². The molecule has 0 saturated carbocycles. The van der Waals surface area contributed by atoms with Crippen molar-refractivity contribution < 1.29 is 4.92 Å². The first-order chi connectivity index (χ1) is 8.63. The van der Waals surface area contributed by atoms with Crippen molar-refractivity contribution in [2.24, 2.45) is 0 Å². The molecule has 1 heterocycles. The molecule has 1 aromatic carbocycles. The minimum atomic E-state index is -0.392. The minimum absolute atomic E-state index is 0.0710. The molecule has 2 rings (SSSR count). The van der Waals surface area contributed by atoms with E-state index in [9.17, 15) is 10.1 Å². The number of nitro groups is 1. The number of fused-ring (bicyclic) bond motifs is 1. The maximum Gasteiger partial charge on any atom is 0.278 e. The van der Waals surface area contributed by atoms with Gasteiger partial charge in [-0.05, 0) is 19.1 Å². The normalized spacial score (nSPS) is 10.3. The lowest BCUT2D eigenvalue weighted by molar-refractivity contribution is -0.383. The van der Waals surface area contributed by atoms with Gasteiger partial charge in [-0.15, -0.1) is 6.58 Å². The fourth-order valence-corrected chi connectivity index (χ4v) is 1.82. The van der Waals surface area contributed by atoms with Crippen LogP contribution < -0.4 is 5.32 Å². The van der Waals surface area contributed by atoms with Crippen molar-refractivity contribution in [3.8, 4) is 0 Å². The second-order valence-corrected chi connectivity index (χ2v) is 3.93. The van der Waals surface area contributed by atoms with E-state index in [4.69, 9.17) is 0 Å². The molecule has 5 nitrogen and oxygen atoms in total. The Bertz CT molecular complexity index is 623. The van der Waals surface area contributed by atoms with Gasteiger partial charge in [0, 0.05) is 35.6 Å². The molecule has 5 heteroatoms. The van der Waals surface area contributed by atoms with Gasteiger partial charge in [0.1, 0.15) is 0 Å². The number of aryl methyl sites for hydroxylation is 1. The molecule has 0 radical (unpaired) electrons. The summed E-state index contributed by atoms with van der Waals surface area (Å²) in [5.74, 6) is 0. The molecular formula is C13H13N3O2. The lowest BCUT2D eigenvalue weighted by atomic mass is 10.1. The number of aromatic nitrogens is 1. The van der Waals surface area contributed by atoms with Crippen molar-refractivity contribution in [3.63, 3.8) is 0 Å². The average molecular weight is 243 g/mol. The molecule has 92 valence electrons. The van der Waals surface area contributed by atoms with E-state index in [1.54, 1.807) is 18.3 Å². The number of anilines is 1. The molecule has 0 aliphatic heterocycles.